The van der Waals surface area contributed by atoms with Crippen molar-refractivity contribution in [3.05, 3.63) is 58.6 Å². The molecule has 1 aliphatic carbocycles. The van der Waals surface area contributed by atoms with Gasteiger partial charge >= 0.3 is 6.03 Å². The van der Waals surface area contributed by atoms with Crippen molar-refractivity contribution in [2.45, 2.75) is 24.2 Å². The molecule has 2 aromatic rings. The van der Waals surface area contributed by atoms with Crippen LogP contribution in [0.3, 0.4) is 0 Å². The van der Waals surface area contributed by atoms with Crippen molar-refractivity contribution in [3.8, 4) is 0 Å². The van der Waals surface area contributed by atoms with Crippen molar-refractivity contribution in [2.75, 3.05) is 4.72 Å². The molecule has 3 rings (SSSR count). The molecule has 1 atom stereocenters. The minimum absolute atomic E-state index is 0.451. The highest BCUT2D eigenvalue weighted by atomic mass is 35.5. The van der Waals surface area contributed by atoms with Gasteiger partial charge in [0, 0.05) is 10.7 Å². The molecule has 7 heteroatoms. The molecule has 0 radical (unpaired) electrons. The van der Waals surface area contributed by atoms with Crippen LogP contribution in [-0.4, -0.2) is 10.2 Å². The number of anilines is 1. The van der Waals surface area contributed by atoms with Gasteiger partial charge < -0.3 is 5.73 Å². The van der Waals surface area contributed by atoms with Gasteiger partial charge in [-0.3, -0.25) is 4.72 Å². The molecule has 1 aliphatic rings. The van der Waals surface area contributed by atoms with Crippen molar-refractivity contribution in [1.82, 2.24) is 0 Å². The second-order valence-electron chi connectivity index (χ2n) is 5.35. The van der Waals surface area contributed by atoms with Crippen molar-refractivity contribution in [1.29, 1.82) is 0 Å². The number of urea groups is 1. The number of rotatable bonds is 3. The minimum atomic E-state index is -3.20. The number of fused-ring (bicyclic) bond motifs is 1. The van der Waals surface area contributed by atoms with E-state index in [0.29, 0.717) is 15.6 Å². The molecule has 120 valence electrons. The van der Waals surface area contributed by atoms with E-state index in [-0.39, 0.29) is 0 Å². The summed E-state index contributed by atoms with van der Waals surface area (Å²) in [7, 11) is -3.20. The number of primary amides is 1. The van der Waals surface area contributed by atoms with E-state index in [9.17, 15) is 9.00 Å². The third kappa shape index (κ3) is 3.48. The van der Waals surface area contributed by atoms with Crippen LogP contribution in [0.15, 0.2) is 51.7 Å². The molecule has 0 aromatic heterocycles. The average molecular weight is 350 g/mol. The highest BCUT2D eigenvalue weighted by Crippen LogP contribution is 2.27. The SMILES string of the molecule is NC(=O)N=S(=O)(Nc1ccc(Cl)cc1)c1ccc2c(c1)CCC2. The summed E-state index contributed by atoms with van der Waals surface area (Å²) in [5.41, 5.74) is 8.10. The largest absolute Gasteiger partial charge is 0.349 e. The van der Waals surface area contributed by atoms with Crippen LogP contribution in [0.2, 0.25) is 5.02 Å². The number of carbonyl (C=O) groups excluding carboxylic acids is 1. The fourth-order valence-electron chi connectivity index (χ4n) is 2.66. The van der Waals surface area contributed by atoms with Crippen LogP contribution in [0.4, 0.5) is 10.5 Å². The summed E-state index contributed by atoms with van der Waals surface area (Å²) in [5.74, 6) is 0. The van der Waals surface area contributed by atoms with Gasteiger partial charge in [-0.2, -0.15) is 0 Å². The Kier molecular flexibility index (Phi) is 4.28. The summed E-state index contributed by atoms with van der Waals surface area (Å²) in [6, 6.07) is 11.2. The lowest BCUT2D eigenvalue weighted by atomic mass is 10.1. The van der Waals surface area contributed by atoms with Crippen molar-refractivity contribution in [3.63, 3.8) is 0 Å². The van der Waals surface area contributed by atoms with Gasteiger partial charge in [0.05, 0.1) is 4.90 Å². The lowest BCUT2D eigenvalue weighted by molar-refractivity contribution is 0.257. The number of hydrogen-bond acceptors (Lipinski definition) is 2. The Morgan fingerprint density at radius 1 is 1.13 bits per heavy atom. The Morgan fingerprint density at radius 3 is 2.52 bits per heavy atom. The molecule has 23 heavy (non-hydrogen) atoms. The molecule has 5 nitrogen and oxygen atoms in total. The molecule has 0 spiro atoms. The van der Waals surface area contributed by atoms with Gasteiger partial charge in [-0.05, 0) is 66.8 Å². The van der Waals surface area contributed by atoms with E-state index in [1.165, 1.54) is 5.56 Å². The zero-order valence-electron chi connectivity index (χ0n) is 12.3. The Hall–Kier alpha value is -2.05. The van der Waals surface area contributed by atoms with E-state index < -0.39 is 15.9 Å². The number of amides is 2. The molecule has 0 saturated heterocycles. The van der Waals surface area contributed by atoms with Crippen LogP contribution in [0.5, 0.6) is 0 Å². The molecule has 2 aromatic carbocycles. The number of nitrogens with zero attached hydrogens (tertiary/aromatic N) is 1. The smallest absolute Gasteiger partial charge is 0.348 e. The van der Waals surface area contributed by atoms with Crippen LogP contribution in [-0.2, 0) is 22.8 Å². The molecule has 3 N–H and O–H groups in total. The maximum atomic E-state index is 13.2. The number of halogens is 1. The lowest BCUT2D eigenvalue weighted by Crippen LogP contribution is -2.18. The molecule has 0 saturated carbocycles. The number of hydrogen-bond donors (Lipinski definition) is 2. The van der Waals surface area contributed by atoms with Crippen molar-refractivity contribution in [2.24, 2.45) is 10.1 Å². The first-order chi connectivity index (χ1) is 11.0. The third-order valence-corrected chi connectivity index (χ3v) is 5.80. The summed E-state index contributed by atoms with van der Waals surface area (Å²) in [6.45, 7) is 0. The van der Waals surface area contributed by atoms with Crippen LogP contribution >= 0.6 is 11.6 Å². The summed E-state index contributed by atoms with van der Waals surface area (Å²) >= 11 is 5.85. The van der Waals surface area contributed by atoms with E-state index in [1.54, 1.807) is 30.3 Å². The highest BCUT2D eigenvalue weighted by molar-refractivity contribution is 7.95. The Morgan fingerprint density at radius 2 is 1.83 bits per heavy atom. The van der Waals surface area contributed by atoms with Gasteiger partial charge in [0.1, 0.15) is 0 Å². The molecule has 0 aliphatic heterocycles. The Balaban J connectivity index is 2.05. The Bertz CT molecular complexity index is 871. The first kappa shape index (κ1) is 15.8. The average Bonchev–Trinajstić information content (AvgIpc) is 2.96. The van der Waals surface area contributed by atoms with Crippen LogP contribution in [0.25, 0.3) is 0 Å². The van der Waals surface area contributed by atoms with Gasteiger partial charge in [0.2, 0.25) is 0 Å². The van der Waals surface area contributed by atoms with Gasteiger partial charge in [0.25, 0.3) is 0 Å². The molecular weight excluding hydrogens is 334 g/mol. The number of nitrogens with one attached hydrogen (secondary N) is 1. The van der Waals surface area contributed by atoms with Gasteiger partial charge in [-0.25, -0.2) is 9.00 Å². The second-order valence-corrected chi connectivity index (χ2v) is 7.69. The predicted octanol–water partition coefficient (Wildman–Crippen LogP) is 3.76. The number of nitrogens with two attached hydrogens (primary N) is 1. The maximum Gasteiger partial charge on any atom is 0.348 e. The van der Waals surface area contributed by atoms with E-state index in [2.05, 4.69) is 9.08 Å². The maximum absolute atomic E-state index is 13.2. The predicted molar refractivity (Wildman–Crippen MR) is 92.0 cm³/mol. The molecule has 0 bridgehead atoms. The van der Waals surface area contributed by atoms with E-state index >= 15 is 0 Å². The zero-order valence-corrected chi connectivity index (χ0v) is 13.9. The van der Waals surface area contributed by atoms with Gasteiger partial charge in [0.15, 0.2) is 9.92 Å². The summed E-state index contributed by atoms with van der Waals surface area (Å²) < 4.78 is 19.7. The highest BCUT2D eigenvalue weighted by Gasteiger charge is 2.18. The summed E-state index contributed by atoms with van der Waals surface area (Å²) in [4.78, 5) is 11.7. The van der Waals surface area contributed by atoms with Crippen LogP contribution < -0.4 is 10.5 Å². The molecule has 0 heterocycles. The molecular formula is C16H16ClN3O2S. The fraction of sp³-hybridized carbons (Fsp3) is 0.188. The van der Waals surface area contributed by atoms with Crippen LogP contribution in [0.1, 0.15) is 17.5 Å². The summed E-state index contributed by atoms with van der Waals surface area (Å²) in [6.07, 6.45) is 3.04. The number of carbonyl (C=O) groups is 1. The zero-order chi connectivity index (χ0) is 16.4. The first-order valence-electron chi connectivity index (χ1n) is 7.18. The van der Waals surface area contributed by atoms with E-state index in [0.717, 1.165) is 24.8 Å². The second kappa shape index (κ2) is 6.22. The monoisotopic (exact) mass is 349 g/mol. The minimum Gasteiger partial charge on any atom is -0.349 e. The normalized spacial score (nSPS) is 15.5. The fourth-order valence-corrected chi connectivity index (χ4v) is 4.32. The molecule has 2 amide bonds. The summed E-state index contributed by atoms with van der Waals surface area (Å²) in [5, 5.41) is 0.561. The first-order valence-corrected chi connectivity index (χ1v) is 9.07. The third-order valence-electron chi connectivity index (χ3n) is 3.71. The van der Waals surface area contributed by atoms with Crippen LogP contribution in [0, 0.1) is 0 Å². The van der Waals surface area contributed by atoms with Gasteiger partial charge in [-0.1, -0.05) is 17.7 Å². The standard InChI is InChI=1S/C16H16ClN3O2S/c17-13-5-7-14(8-6-13)19-23(22,20-16(18)21)15-9-4-11-2-1-3-12(11)10-15/h4-10H,1-3H2,(H3,18,19,20,21,22). The molecule has 0 fully saturated rings. The molecule has 1 unspecified atom stereocenters. The number of aryl methyl sites for hydroxylation is 2. The van der Waals surface area contributed by atoms with Gasteiger partial charge in [-0.15, -0.1) is 4.36 Å². The van der Waals surface area contributed by atoms with Crippen molar-refractivity contribution >= 4 is 33.2 Å². The topological polar surface area (TPSA) is 84.6 Å². The number of benzene rings is 2. The van der Waals surface area contributed by atoms with E-state index in [1.807, 2.05) is 12.1 Å². The van der Waals surface area contributed by atoms with E-state index in [4.69, 9.17) is 17.3 Å². The quantitative estimate of drug-likeness (QED) is 0.884. The van der Waals surface area contributed by atoms with Crippen molar-refractivity contribution < 1.29 is 9.00 Å². The lowest BCUT2D eigenvalue weighted by Gasteiger charge is -2.14. The Labute approximate surface area is 140 Å².